The molecule has 1 amide bonds. The first-order chi connectivity index (χ1) is 9.56. The Morgan fingerprint density at radius 2 is 2.25 bits per heavy atom. The van der Waals surface area contributed by atoms with E-state index < -0.39 is 5.97 Å². The third-order valence-corrected chi connectivity index (χ3v) is 3.79. The van der Waals surface area contributed by atoms with Gasteiger partial charge in [-0.3, -0.25) is 9.59 Å². The van der Waals surface area contributed by atoms with Gasteiger partial charge in [0.25, 0.3) is 5.91 Å². The number of thiazole rings is 1. The Hall–Kier alpha value is -1.95. The van der Waals surface area contributed by atoms with Gasteiger partial charge in [-0.25, -0.2) is 4.98 Å². The highest BCUT2D eigenvalue weighted by atomic mass is 32.1. The first-order valence-electron chi connectivity index (χ1n) is 6.42. The van der Waals surface area contributed by atoms with Crippen LogP contribution in [0.2, 0.25) is 0 Å². The summed E-state index contributed by atoms with van der Waals surface area (Å²) in [7, 11) is 0. The molecule has 0 radical (unpaired) electrons. The number of benzene rings is 1. The summed E-state index contributed by atoms with van der Waals surface area (Å²) < 4.78 is 0.983. The minimum absolute atomic E-state index is 0.0426. The van der Waals surface area contributed by atoms with Crippen LogP contribution in [0.15, 0.2) is 23.7 Å². The molecule has 0 spiro atoms. The highest BCUT2D eigenvalue weighted by molar-refractivity contribution is 7.16. The number of carbonyl (C=O) groups is 2. The van der Waals surface area contributed by atoms with Crippen LogP contribution in [0.4, 0.5) is 0 Å². The molecule has 2 N–H and O–H groups in total. The maximum Gasteiger partial charge on any atom is 0.303 e. The van der Waals surface area contributed by atoms with E-state index in [0.29, 0.717) is 18.4 Å². The monoisotopic (exact) mass is 292 g/mol. The fourth-order valence-electron chi connectivity index (χ4n) is 1.94. The summed E-state index contributed by atoms with van der Waals surface area (Å²) in [5.41, 5.74) is 3.24. The Bertz CT molecular complexity index is 624. The SMILES string of the molecule is CC(CCCC(=O)O)NC(=O)c1ccc2ncsc2c1. The van der Waals surface area contributed by atoms with Crippen molar-refractivity contribution in [2.75, 3.05) is 0 Å². The minimum atomic E-state index is -0.806. The van der Waals surface area contributed by atoms with Crippen LogP contribution in [0.3, 0.4) is 0 Å². The van der Waals surface area contributed by atoms with Crippen LogP contribution in [-0.2, 0) is 4.79 Å². The molecule has 1 atom stereocenters. The highest BCUT2D eigenvalue weighted by Gasteiger charge is 2.11. The van der Waals surface area contributed by atoms with Crippen LogP contribution in [0.1, 0.15) is 36.5 Å². The van der Waals surface area contributed by atoms with Gasteiger partial charge in [-0.05, 0) is 38.0 Å². The van der Waals surface area contributed by atoms with Gasteiger partial charge in [-0.2, -0.15) is 0 Å². The van der Waals surface area contributed by atoms with Gasteiger partial charge >= 0.3 is 5.97 Å². The van der Waals surface area contributed by atoms with Crippen molar-refractivity contribution < 1.29 is 14.7 Å². The second-order valence-corrected chi connectivity index (χ2v) is 5.58. The lowest BCUT2D eigenvalue weighted by Gasteiger charge is -2.13. The summed E-state index contributed by atoms with van der Waals surface area (Å²) in [5, 5.41) is 11.5. The minimum Gasteiger partial charge on any atom is -0.481 e. The number of aromatic nitrogens is 1. The zero-order valence-electron chi connectivity index (χ0n) is 11.1. The van der Waals surface area contributed by atoms with E-state index in [0.717, 1.165) is 10.2 Å². The number of hydrogen-bond donors (Lipinski definition) is 2. The highest BCUT2D eigenvalue weighted by Crippen LogP contribution is 2.19. The van der Waals surface area contributed by atoms with Gasteiger partial charge in [-0.1, -0.05) is 0 Å². The molecule has 1 aromatic heterocycles. The number of rotatable bonds is 6. The number of aliphatic carboxylic acids is 1. The van der Waals surface area contributed by atoms with E-state index in [1.807, 2.05) is 19.1 Å². The Labute approximate surface area is 120 Å². The van der Waals surface area contributed by atoms with Crippen LogP contribution in [0, 0.1) is 0 Å². The molecule has 0 aliphatic heterocycles. The summed E-state index contributed by atoms with van der Waals surface area (Å²) in [6.07, 6.45) is 1.35. The number of carbonyl (C=O) groups excluding carboxylic acids is 1. The molecule has 2 rings (SSSR count). The van der Waals surface area contributed by atoms with E-state index in [1.54, 1.807) is 11.6 Å². The number of nitrogens with zero attached hydrogens (tertiary/aromatic N) is 1. The van der Waals surface area contributed by atoms with Crippen LogP contribution < -0.4 is 5.32 Å². The number of nitrogens with one attached hydrogen (secondary N) is 1. The van der Waals surface area contributed by atoms with Crippen molar-refractivity contribution >= 4 is 33.4 Å². The third kappa shape index (κ3) is 3.77. The van der Waals surface area contributed by atoms with Crippen molar-refractivity contribution in [2.24, 2.45) is 0 Å². The molecule has 5 nitrogen and oxygen atoms in total. The second kappa shape index (κ2) is 6.47. The van der Waals surface area contributed by atoms with Crippen molar-refractivity contribution in [3.63, 3.8) is 0 Å². The standard InChI is InChI=1S/C14H16N2O3S/c1-9(3-2-4-13(17)18)16-14(19)10-5-6-11-12(7-10)20-8-15-11/h5-9H,2-4H2,1H3,(H,16,19)(H,17,18). The van der Waals surface area contributed by atoms with E-state index in [4.69, 9.17) is 5.11 Å². The van der Waals surface area contributed by atoms with E-state index >= 15 is 0 Å². The fourth-order valence-corrected chi connectivity index (χ4v) is 2.65. The van der Waals surface area contributed by atoms with Crippen LogP contribution >= 0.6 is 11.3 Å². The molecule has 1 heterocycles. The summed E-state index contributed by atoms with van der Waals surface area (Å²) >= 11 is 1.50. The van der Waals surface area contributed by atoms with E-state index in [1.165, 1.54) is 11.3 Å². The number of amides is 1. The Balaban J connectivity index is 1.91. The van der Waals surface area contributed by atoms with Crippen LogP contribution in [0.25, 0.3) is 10.2 Å². The van der Waals surface area contributed by atoms with Gasteiger partial charge < -0.3 is 10.4 Å². The molecule has 0 aliphatic rings. The molecule has 106 valence electrons. The van der Waals surface area contributed by atoms with Gasteiger partial charge in [0.15, 0.2) is 0 Å². The van der Waals surface area contributed by atoms with E-state index in [-0.39, 0.29) is 18.4 Å². The molecular formula is C14H16N2O3S. The number of hydrogen-bond acceptors (Lipinski definition) is 4. The van der Waals surface area contributed by atoms with Gasteiger partial charge in [0.2, 0.25) is 0 Å². The predicted octanol–water partition coefficient (Wildman–Crippen LogP) is 2.67. The number of carboxylic acid groups (broad SMARTS) is 1. The molecule has 1 unspecified atom stereocenters. The summed E-state index contributed by atoms with van der Waals surface area (Å²) in [4.78, 5) is 26.7. The van der Waals surface area contributed by atoms with Gasteiger partial charge in [0.05, 0.1) is 15.7 Å². The topological polar surface area (TPSA) is 79.3 Å². The van der Waals surface area contributed by atoms with Crippen LogP contribution in [-0.4, -0.2) is 28.0 Å². The average molecular weight is 292 g/mol. The molecule has 0 fully saturated rings. The molecule has 0 saturated carbocycles. The molecule has 0 aliphatic carbocycles. The zero-order chi connectivity index (χ0) is 14.5. The zero-order valence-corrected chi connectivity index (χ0v) is 11.9. The van der Waals surface area contributed by atoms with Crippen molar-refractivity contribution in [1.29, 1.82) is 0 Å². The van der Waals surface area contributed by atoms with Gasteiger partial charge in [-0.15, -0.1) is 11.3 Å². The summed E-state index contributed by atoms with van der Waals surface area (Å²) in [6.45, 7) is 1.88. The molecule has 2 aromatic rings. The first kappa shape index (κ1) is 14.5. The summed E-state index contributed by atoms with van der Waals surface area (Å²) in [5.74, 6) is -0.942. The van der Waals surface area contributed by atoms with Crippen molar-refractivity contribution in [1.82, 2.24) is 10.3 Å². The Morgan fingerprint density at radius 1 is 1.45 bits per heavy atom. The molecule has 20 heavy (non-hydrogen) atoms. The van der Waals surface area contributed by atoms with Crippen molar-refractivity contribution in [3.05, 3.63) is 29.3 Å². The van der Waals surface area contributed by atoms with Crippen molar-refractivity contribution in [3.8, 4) is 0 Å². The maximum absolute atomic E-state index is 12.1. The molecule has 0 bridgehead atoms. The van der Waals surface area contributed by atoms with Crippen molar-refractivity contribution in [2.45, 2.75) is 32.2 Å². The largest absolute Gasteiger partial charge is 0.481 e. The Morgan fingerprint density at radius 3 is 3.00 bits per heavy atom. The lowest BCUT2D eigenvalue weighted by atomic mass is 10.1. The molecular weight excluding hydrogens is 276 g/mol. The van der Waals surface area contributed by atoms with E-state index in [2.05, 4.69) is 10.3 Å². The predicted molar refractivity (Wildman–Crippen MR) is 78.0 cm³/mol. The fraction of sp³-hybridized carbons (Fsp3) is 0.357. The Kier molecular flexibility index (Phi) is 4.68. The average Bonchev–Trinajstić information content (AvgIpc) is 2.85. The van der Waals surface area contributed by atoms with Gasteiger partial charge in [0, 0.05) is 18.0 Å². The lowest BCUT2D eigenvalue weighted by Crippen LogP contribution is -2.32. The van der Waals surface area contributed by atoms with Gasteiger partial charge in [0.1, 0.15) is 0 Å². The second-order valence-electron chi connectivity index (χ2n) is 4.70. The number of fused-ring (bicyclic) bond motifs is 1. The molecule has 1 aromatic carbocycles. The lowest BCUT2D eigenvalue weighted by molar-refractivity contribution is -0.137. The first-order valence-corrected chi connectivity index (χ1v) is 7.30. The van der Waals surface area contributed by atoms with E-state index in [9.17, 15) is 9.59 Å². The summed E-state index contributed by atoms with van der Waals surface area (Å²) in [6, 6.07) is 5.36. The molecule has 6 heteroatoms. The maximum atomic E-state index is 12.1. The number of carboxylic acids is 1. The smallest absolute Gasteiger partial charge is 0.303 e. The normalized spacial score (nSPS) is 12.2. The van der Waals surface area contributed by atoms with Crippen LogP contribution in [0.5, 0.6) is 0 Å². The quantitative estimate of drug-likeness (QED) is 0.858. The molecule has 0 saturated heterocycles. The third-order valence-electron chi connectivity index (χ3n) is 3.00.